The van der Waals surface area contributed by atoms with Crippen LogP contribution in [0.3, 0.4) is 0 Å². The minimum atomic E-state index is 0.543. The molecule has 150 valence electrons. The zero-order chi connectivity index (χ0) is 20.6. The molecule has 0 amide bonds. The highest BCUT2D eigenvalue weighted by Crippen LogP contribution is 2.20. The van der Waals surface area contributed by atoms with Gasteiger partial charge >= 0.3 is 0 Å². The average Bonchev–Trinajstić information content (AvgIpc) is 2.78. The van der Waals surface area contributed by atoms with Crippen LogP contribution in [0.5, 0.6) is 5.75 Å². The molecule has 2 heterocycles. The third kappa shape index (κ3) is 5.54. The van der Waals surface area contributed by atoms with Gasteiger partial charge < -0.3 is 15.4 Å². The van der Waals surface area contributed by atoms with Gasteiger partial charge in [0, 0.05) is 36.4 Å². The topological polar surface area (TPSA) is 72.0 Å². The van der Waals surface area contributed by atoms with E-state index in [0.717, 1.165) is 34.1 Å². The van der Waals surface area contributed by atoms with Gasteiger partial charge in [-0.15, -0.1) is 0 Å². The maximum Gasteiger partial charge on any atom is 0.229 e. The van der Waals surface area contributed by atoms with Crippen LogP contribution < -0.4 is 15.4 Å². The van der Waals surface area contributed by atoms with Crippen molar-refractivity contribution < 1.29 is 4.74 Å². The zero-order valence-corrected chi connectivity index (χ0v) is 16.7. The van der Waals surface area contributed by atoms with Gasteiger partial charge in [0.2, 0.25) is 5.95 Å². The molecule has 4 rings (SSSR count). The molecular formula is C24H23N5O. The fourth-order valence-electron chi connectivity index (χ4n) is 2.91. The Morgan fingerprint density at radius 3 is 2.37 bits per heavy atom. The summed E-state index contributed by atoms with van der Waals surface area (Å²) >= 11 is 0. The highest BCUT2D eigenvalue weighted by Gasteiger charge is 2.04. The predicted octanol–water partition coefficient (Wildman–Crippen LogP) is 5.11. The van der Waals surface area contributed by atoms with Crippen LogP contribution in [0.15, 0.2) is 85.2 Å². The quantitative estimate of drug-likeness (QED) is 0.430. The van der Waals surface area contributed by atoms with E-state index < -0.39 is 0 Å². The van der Waals surface area contributed by atoms with E-state index in [9.17, 15) is 0 Å². The van der Waals surface area contributed by atoms with Crippen molar-refractivity contribution in [2.24, 2.45) is 0 Å². The first-order valence-corrected chi connectivity index (χ1v) is 9.77. The number of nitrogens with one attached hydrogen (secondary N) is 2. The van der Waals surface area contributed by atoms with Crippen LogP contribution >= 0.6 is 0 Å². The monoisotopic (exact) mass is 397 g/mol. The lowest BCUT2D eigenvalue weighted by molar-refractivity contribution is 0.306. The van der Waals surface area contributed by atoms with Crippen molar-refractivity contribution in [2.45, 2.75) is 20.1 Å². The second kappa shape index (κ2) is 9.52. The SMILES string of the molecule is Cc1cc(NCc2ccncc2)nc(Nc2ccc(OCc3ccccc3)cc2)n1. The van der Waals surface area contributed by atoms with Gasteiger partial charge in [-0.3, -0.25) is 4.98 Å². The first-order valence-electron chi connectivity index (χ1n) is 9.77. The molecule has 0 bridgehead atoms. The van der Waals surface area contributed by atoms with Gasteiger partial charge in [-0.2, -0.15) is 4.98 Å². The Morgan fingerprint density at radius 1 is 0.833 bits per heavy atom. The van der Waals surface area contributed by atoms with Gasteiger partial charge in [-0.1, -0.05) is 30.3 Å². The number of benzene rings is 2. The summed E-state index contributed by atoms with van der Waals surface area (Å²) < 4.78 is 5.84. The Bertz CT molecular complexity index is 1070. The van der Waals surface area contributed by atoms with Crippen molar-refractivity contribution in [3.05, 3.63) is 102 Å². The van der Waals surface area contributed by atoms with E-state index in [-0.39, 0.29) is 0 Å². The molecular weight excluding hydrogens is 374 g/mol. The summed E-state index contributed by atoms with van der Waals surface area (Å²) in [5.74, 6) is 2.13. The summed E-state index contributed by atoms with van der Waals surface area (Å²) in [6.45, 7) is 3.16. The summed E-state index contributed by atoms with van der Waals surface area (Å²) in [4.78, 5) is 13.1. The van der Waals surface area contributed by atoms with E-state index in [1.807, 2.05) is 79.7 Å². The Morgan fingerprint density at radius 2 is 1.60 bits per heavy atom. The number of rotatable bonds is 8. The van der Waals surface area contributed by atoms with Gasteiger partial charge in [-0.25, -0.2) is 4.98 Å². The Hall–Kier alpha value is -3.93. The van der Waals surface area contributed by atoms with Crippen LogP contribution in [-0.4, -0.2) is 15.0 Å². The van der Waals surface area contributed by atoms with E-state index in [4.69, 9.17) is 4.74 Å². The number of hydrogen-bond acceptors (Lipinski definition) is 6. The summed E-state index contributed by atoms with van der Waals surface area (Å²) in [5, 5.41) is 6.59. The molecule has 0 radical (unpaired) electrons. The number of aryl methyl sites for hydroxylation is 1. The Labute approximate surface area is 176 Å². The second-order valence-electron chi connectivity index (χ2n) is 6.85. The van der Waals surface area contributed by atoms with Gasteiger partial charge in [0.25, 0.3) is 0 Å². The lowest BCUT2D eigenvalue weighted by Crippen LogP contribution is -2.05. The second-order valence-corrected chi connectivity index (χ2v) is 6.85. The van der Waals surface area contributed by atoms with Gasteiger partial charge in [-0.05, 0) is 54.4 Å². The molecule has 4 aromatic rings. The van der Waals surface area contributed by atoms with Crippen LogP contribution in [-0.2, 0) is 13.2 Å². The standard InChI is InChI=1S/C24H23N5O/c1-18-15-23(26-16-19-11-13-25-14-12-19)29-24(27-18)28-21-7-9-22(10-8-21)30-17-20-5-3-2-4-6-20/h2-15H,16-17H2,1H3,(H2,26,27,28,29). The minimum Gasteiger partial charge on any atom is -0.489 e. The first kappa shape index (κ1) is 19.4. The molecule has 30 heavy (non-hydrogen) atoms. The minimum absolute atomic E-state index is 0.543. The van der Waals surface area contributed by atoms with Crippen molar-refractivity contribution in [2.75, 3.05) is 10.6 Å². The molecule has 0 aliphatic rings. The molecule has 0 atom stereocenters. The molecule has 6 heteroatoms. The van der Waals surface area contributed by atoms with Crippen LogP contribution in [0.25, 0.3) is 0 Å². The normalized spacial score (nSPS) is 10.4. The van der Waals surface area contributed by atoms with Crippen molar-refractivity contribution in [3.8, 4) is 5.75 Å². The number of hydrogen-bond donors (Lipinski definition) is 2. The van der Waals surface area contributed by atoms with E-state index in [1.165, 1.54) is 0 Å². The van der Waals surface area contributed by atoms with E-state index in [0.29, 0.717) is 19.1 Å². The van der Waals surface area contributed by atoms with Crippen LogP contribution in [0.1, 0.15) is 16.8 Å². The lowest BCUT2D eigenvalue weighted by atomic mass is 10.2. The van der Waals surface area contributed by atoms with Crippen molar-refractivity contribution >= 4 is 17.5 Å². The van der Waals surface area contributed by atoms with Crippen LogP contribution in [0, 0.1) is 6.92 Å². The zero-order valence-electron chi connectivity index (χ0n) is 16.7. The van der Waals surface area contributed by atoms with Crippen molar-refractivity contribution in [1.82, 2.24) is 15.0 Å². The maximum absolute atomic E-state index is 5.84. The predicted molar refractivity (Wildman–Crippen MR) is 119 cm³/mol. The summed E-state index contributed by atoms with van der Waals surface area (Å²) in [6, 6.07) is 23.8. The molecule has 0 spiro atoms. The Balaban J connectivity index is 1.37. The summed E-state index contributed by atoms with van der Waals surface area (Å²) in [5.41, 5.74) is 4.06. The number of ether oxygens (including phenoxy) is 1. The molecule has 2 N–H and O–H groups in total. The molecule has 0 saturated carbocycles. The molecule has 6 nitrogen and oxygen atoms in total. The number of nitrogens with zero attached hydrogens (tertiary/aromatic N) is 3. The molecule has 0 aliphatic heterocycles. The molecule has 2 aromatic carbocycles. The fourth-order valence-corrected chi connectivity index (χ4v) is 2.91. The van der Waals surface area contributed by atoms with Gasteiger partial charge in [0.05, 0.1) is 0 Å². The number of aromatic nitrogens is 3. The lowest BCUT2D eigenvalue weighted by Gasteiger charge is -2.11. The molecule has 0 unspecified atom stereocenters. The average molecular weight is 397 g/mol. The summed E-state index contributed by atoms with van der Waals surface area (Å²) in [7, 11) is 0. The van der Waals surface area contributed by atoms with Crippen molar-refractivity contribution in [3.63, 3.8) is 0 Å². The first-order chi connectivity index (χ1) is 14.7. The smallest absolute Gasteiger partial charge is 0.229 e. The third-order valence-corrected chi connectivity index (χ3v) is 4.44. The maximum atomic E-state index is 5.84. The third-order valence-electron chi connectivity index (χ3n) is 4.44. The molecule has 2 aromatic heterocycles. The summed E-state index contributed by atoms with van der Waals surface area (Å²) in [6.07, 6.45) is 3.56. The highest BCUT2D eigenvalue weighted by atomic mass is 16.5. The Kier molecular flexibility index (Phi) is 6.15. The van der Waals surface area contributed by atoms with Crippen LogP contribution in [0.2, 0.25) is 0 Å². The molecule has 0 fully saturated rings. The molecule has 0 saturated heterocycles. The fraction of sp³-hybridized carbons (Fsp3) is 0.125. The van der Waals surface area contributed by atoms with E-state index in [1.54, 1.807) is 12.4 Å². The number of pyridine rings is 1. The van der Waals surface area contributed by atoms with E-state index >= 15 is 0 Å². The number of anilines is 3. The highest BCUT2D eigenvalue weighted by molar-refractivity contribution is 5.56. The largest absolute Gasteiger partial charge is 0.489 e. The molecule has 0 aliphatic carbocycles. The van der Waals surface area contributed by atoms with Crippen molar-refractivity contribution in [1.29, 1.82) is 0 Å². The van der Waals surface area contributed by atoms with E-state index in [2.05, 4.69) is 25.6 Å². The van der Waals surface area contributed by atoms with Crippen LogP contribution in [0.4, 0.5) is 17.5 Å². The van der Waals surface area contributed by atoms with Gasteiger partial charge in [0.1, 0.15) is 18.2 Å². The van der Waals surface area contributed by atoms with Gasteiger partial charge in [0.15, 0.2) is 0 Å².